The van der Waals surface area contributed by atoms with E-state index >= 15 is 0 Å². The van der Waals surface area contributed by atoms with Gasteiger partial charge < -0.3 is 5.32 Å². The van der Waals surface area contributed by atoms with Gasteiger partial charge in [-0.1, -0.05) is 34.1 Å². The van der Waals surface area contributed by atoms with E-state index in [-0.39, 0.29) is 5.91 Å². The summed E-state index contributed by atoms with van der Waals surface area (Å²) < 4.78 is 1.04. The second kappa shape index (κ2) is 9.55. The molecule has 0 bridgehead atoms. The second-order valence-electron chi connectivity index (χ2n) is 5.85. The smallest absolute Gasteiger partial charge is 0.224 e. The number of carbonyl (C=O) groups is 1. The maximum atomic E-state index is 12.1. The number of thioether (sulfide) groups is 1. The number of hydrogen-bond donors (Lipinski definition) is 1. The fourth-order valence-corrected chi connectivity index (χ4v) is 3.74. The molecule has 2 aromatic carbocycles. The second-order valence-corrected chi connectivity index (χ2v) is 7.82. The van der Waals surface area contributed by atoms with Crippen molar-refractivity contribution in [3.8, 4) is 0 Å². The summed E-state index contributed by atoms with van der Waals surface area (Å²) in [5, 5.41) is 2.96. The van der Waals surface area contributed by atoms with Gasteiger partial charge in [0.15, 0.2) is 0 Å². The van der Waals surface area contributed by atoms with Crippen LogP contribution in [0.1, 0.15) is 17.5 Å². The first kappa shape index (κ1) is 18.7. The number of rotatable bonds is 7. The average Bonchev–Trinajstić information content (AvgIpc) is 2.67. The Kier molecular flexibility index (Phi) is 6.86. The standard InChI is InChI=1S/C21H19BrN2OS/c22-18-5-1-3-16(13-18)6-11-21(25)24-19-7-9-20(10-8-19)26-15-17-4-2-12-23-14-17/h1-5,7-10,12-14H,6,11,15H2,(H,24,25). The number of nitrogens with one attached hydrogen (secondary N) is 1. The Labute approximate surface area is 166 Å². The van der Waals surface area contributed by atoms with Crippen molar-refractivity contribution in [2.24, 2.45) is 0 Å². The van der Waals surface area contributed by atoms with Gasteiger partial charge in [-0.15, -0.1) is 11.8 Å². The molecule has 0 radical (unpaired) electrons. The number of hydrogen-bond acceptors (Lipinski definition) is 3. The van der Waals surface area contributed by atoms with Gasteiger partial charge in [-0.3, -0.25) is 9.78 Å². The van der Waals surface area contributed by atoms with Gasteiger partial charge in [-0.05, 0) is 60.0 Å². The fraction of sp³-hybridized carbons (Fsp3) is 0.143. The Morgan fingerprint density at radius 1 is 1.04 bits per heavy atom. The molecule has 1 amide bonds. The van der Waals surface area contributed by atoms with Gasteiger partial charge in [0, 0.05) is 39.6 Å². The Morgan fingerprint density at radius 3 is 2.58 bits per heavy atom. The van der Waals surface area contributed by atoms with Crippen LogP contribution < -0.4 is 5.32 Å². The minimum absolute atomic E-state index is 0.0285. The van der Waals surface area contributed by atoms with Crippen LogP contribution in [0, 0.1) is 0 Å². The van der Waals surface area contributed by atoms with Crippen LogP contribution >= 0.6 is 27.7 Å². The molecule has 132 valence electrons. The molecule has 1 N–H and O–H groups in total. The highest BCUT2D eigenvalue weighted by Gasteiger charge is 2.04. The van der Waals surface area contributed by atoms with E-state index in [1.54, 1.807) is 18.0 Å². The lowest BCUT2D eigenvalue weighted by Gasteiger charge is -2.07. The SMILES string of the molecule is O=C(CCc1cccc(Br)c1)Nc1ccc(SCc2cccnc2)cc1. The molecule has 0 aliphatic rings. The van der Waals surface area contributed by atoms with Crippen molar-refractivity contribution in [2.75, 3.05) is 5.32 Å². The van der Waals surface area contributed by atoms with Crippen molar-refractivity contribution in [3.63, 3.8) is 0 Å². The molecule has 1 heterocycles. The fourth-order valence-electron chi connectivity index (χ4n) is 2.46. The van der Waals surface area contributed by atoms with E-state index in [4.69, 9.17) is 0 Å². The minimum Gasteiger partial charge on any atom is -0.326 e. The van der Waals surface area contributed by atoms with Crippen LogP contribution in [0.4, 0.5) is 5.69 Å². The monoisotopic (exact) mass is 426 g/mol. The van der Waals surface area contributed by atoms with Gasteiger partial charge in [0.05, 0.1) is 0 Å². The molecule has 5 heteroatoms. The van der Waals surface area contributed by atoms with Crippen LogP contribution in [-0.2, 0) is 17.0 Å². The molecule has 0 aliphatic heterocycles. The molecule has 0 fully saturated rings. The third kappa shape index (κ3) is 6.00. The van der Waals surface area contributed by atoms with E-state index in [9.17, 15) is 4.79 Å². The van der Waals surface area contributed by atoms with E-state index < -0.39 is 0 Å². The van der Waals surface area contributed by atoms with E-state index in [1.165, 1.54) is 10.5 Å². The van der Waals surface area contributed by atoms with E-state index in [0.717, 1.165) is 27.9 Å². The topological polar surface area (TPSA) is 42.0 Å². The van der Waals surface area contributed by atoms with Gasteiger partial charge in [-0.2, -0.15) is 0 Å². The predicted octanol–water partition coefficient (Wildman–Crippen LogP) is 5.71. The first-order valence-electron chi connectivity index (χ1n) is 8.35. The van der Waals surface area contributed by atoms with Gasteiger partial charge in [-0.25, -0.2) is 0 Å². The first-order valence-corrected chi connectivity index (χ1v) is 10.1. The molecule has 0 atom stereocenters. The maximum Gasteiger partial charge on any atom is 0.224 e. The highest BCUT2D eigenvalue weighted by atomic mass is 79.9. The van der Waals surface area contributed by atoms with Crippen molar-refractivity contribution < 1.29 is 4.79 Å². The predicted molar refractivity (Wildman–Crippen MR) is 111 cm³/mol. The summed E-state index contributed by atoms with van der Waals surface area (Å²) in [5.74, 6) is 0.910. The highest BCUT2D eigenvalue weighted by Crippen LogP contribution is 2.24. The van der Waals surface area contributed by atoms with Crippen LogP contribution in [-0.4, -0.2) is 10.9 Å². The lowest BCUT2D eigenvalue weighted by Crippen LogP contribution is -2.12. The summed E-state index contributed by atoms with van der Waals surface area (Å²) in [6.45, 7) is 0. The van der Waals surface area contributed by atoms with Gasteiger partial charge >= 0.3 is 0 Å². The third-order valence-electron chi connectivity index (χ3n) is 3.80. The van der Waals surface area contributed by atoms with Gasteiger partial charge in [0.1, 0.15) is 0 Å². The highest BCUT2D eigenvalue weighted by molar-refractivity contribution is 9.10. The molecular formula is C21H19BrN2OS. The van der Waals surface area contributed by atoms with Crippen LogP contribution in [0.25, 0.3) is 0 Å². The molecule has 0 saturated heterocycles. The summed E-state index contributed by atoms with van der Waals surface area (Å²) in [5.41, 5.74) is 3.18. The zero-order valence-corrected chi connectivity index (χ0v) is 16.6. The van der Waals surface area contributed by atoms with Crippen molar-refractivity contribution in [2.45, 2.75) is 23.5 Å². The van der Waals surface area contributed by atoms with Gasteiger partial charge in [0.25, 0.3) is 0 Å². The Balaban J connectivity index is 1.46. The average molecular weight is 427 g/mol. The lowest BCUT2D eigenvalue weighted by molar-refractivity contribution is -0.116. The number of aryl methyl sites for hydroxylation is 1. The van der Waals surface area contributed by atoms with Crippen LogP contribution in [0.2, 0.25) is 0 Å². The number of pyridine rings is 1. The number of nitrogens with zero attached hydrogens (tertiary/aromatic N) is 1. The molecule has 1 aromatic heterocycles. The number of anilines is 1. The van der Waals surface area contributed by atoms with Crippen LogP contribution in [0.5, 0.6) is 0 Å². The normalized spacial score (nSPS) is 10.5. The Morgan fingerprint density at radius 2 is 1.85 bits per heavy atom. The lowest BCUT2D eigenvalue weighted by atomic mass is 10.1. The summed E-state index contributed by atoms with van der Waals surface area (Å²) in [4.78, 5) is 17.4. The maximum absolute atomic E-state index is 12.1. The van der Waals surface area contributed by atoms with Crippen molar-refractivity contribution in [3.05, 3.63) is 88.7 Å². The van der Waals surface area contributed by atoms with E-state index in [0.29, 0.717) is 6.42 Å². The van der Waals surface area contributed by atoms with Gasteiger partial charge in [0.2, 0.25) is 5.91 Å². The van der Waals surface area contributed by atoms with E-state index in [2.05, 4.69) is 32.3 Å². The third-order valence-corrected chi connectivity index (χ3v) is 5.37. The molecular weight excluding hydrogens is 408 g/mol. The van der Waals surface area contributed by atoms with E-state index in [1.807, 2.05) is 60.8 Å². The van der Waals surface area contributed by atoms with Crippen molar-refractivity contribution in [1.82, 2.24) is 4.98 Å². The molecule has 0 spiro atoms. The van der Waals surface area contributed by atoms with Crippen molar-refractivity contribution in [1.29, 1.82) is 0 Å². The summed E-state index contributed by atoms with van der Waals surface area (Å²) in [6, 6.07) is 20.0. The zero-order chi connectivity index (χ0) is 18.2. The minimum atomic E-state index is 0.0285. The zero-order valence-electron chi connectivity index (χ0n) is 14.2. The number of aromatic nitrogens is 1. The molecule has 3 nitrogen and oxygen atoms in total. The molecule has 0 unspecified atom stereocenters. The largest absolute Gasteiger partial charge is 0.326 e. The van der Waals surface area contributed by atoms with Crippen molar-refractivity contribution >= 4 is 39.3 Å². The Hall–Kier alpha value is -2.11. The molecule has 0 saturated carbocycles. The Bertz CT molecular complexity index is 853. The van der Waals surface area contributed by atoms with Crippen LogP contribution in [0.3, 0.4) is 0 Å². The quantitative estimate of drug-likeness (QED) is 0.492. The number of halogens is 1. The summed E-state index contributed by atoms with van der Waals surface area (Å²) >= 11 is 5.20. The molecule has 3 rings (SSSR count). The number of benzene rings is 2. The molecule has 0 aliphatic carbocycles. The number of carbonyl (C=O) groups excluding carboxylic acids is 1. The molecule has 26 heavy (non-hydrogen) atoms. The number of amides is 1. The molecule has 3 aromatic rings. The summed E-state index contributed by atoms with van der Waals surface area (Å²) in [6.07, 6.45) is 4.85. The first-order chi connectivity index (χ1) is 12.7. The van der Waals surface area contributed by atoms with Crippen LogP contribution in [0.15, 0.2) is 82.4 Å². The summed E-state index contributed by atoms with van der Waals surface area (Å²) in [7, 11) is 0.